The van der Waals surface area contributed by atoms with E-state index in [9.17, 15) is 24.2 Å². The van der Waals surface area contributed by atoms with Gasteiger partial charge in [0.15, 0.2) is 0 Å². The average Bonchev–Trinajstić information content (AvgIpc) is 2.74. The lowest BCUT2D eigenvalue weighted by atomic mass is 10.0. The molecule has 0 bridgehead atoms. The van der Waals surface area contributed by atoms with Crippen LogP contribution in [0.15, 0.2) is 48.5 Å². The summed E-state index contributed by atoms with van der Waals surface area (Å²) in [6.45, 7) is -1.06. The molecule has 28 heavy (non-hydrogen) atoms. The molecule has 1 aliphatic heterocycles. The number of alkyl halides is 1. The predicted molar refractivity (Wildman–Crippen MR) is 97.6 cm³/mol. The lowest BCUT2D eigenvalue weighted by molar-refractivity contribution is -0.216. The Bertz CT molecular complexity index is 856. The molecule has 0 aliphatic carbocycles. The fraction of sp³-hybridized carbons (Fsp3) is 0.300. The normalized spacial score (nSPS) is 24.6. The van der Waals surface area contributed by atoms with Gasteiger partial charge in [0.05, 0.1) is 0 Å². The van der Waals surface area contributed by atoms with E-state index >= 15 is 0 Å². The molecular formula is C20H20FNO6. The van der Waals surface area contributed by atoms with E-state index in [4.69, 9.17) is 9.47 Å². The van der Waals surface area contributed by atoms with Crippen LogP contribution in [-0.2, 0) is 9.53 Å². The zero-order valence-corrected chi connectivity index (χ0v) is 15.0. The Balaban J connectivity index is 1.74. The fourth-order valence-electron chi connectivity index (χ4n) is 2.86. The highest BCUT2D eigenvalue weighted by atomic mass is 19.1. The zero-order valence-electron chi connectivity index (χ0n) is 15.0. The van der Waals surface area contributed by atoms with Gasteiger partial charge in [-0.2, -0.15) is 0 Å². The highest BCUT2D eigenvalue weighted by Crippen LogP contribution is 2.26. The third kappa shape index (κ3) is 4.04. The first-order valence-corrected chi connectivity index (χ1v) is 8.65. The van der Waals surface area contributed by atoms with Gasteiger partial charge < -0.3 is 25.0 Å². The number of carbonyl (C=O) groups excluding carboxylic acids is 2. The zero-order chi connectivity index (χ0) is 20.3. The number of aliphatic hydroxyl groups is 2. The molecule has 4 atom stereocenters. The molecule has 3 rings (SSSR count). The van der Waals surface area contributed by atoms with Crippen molar-refractivity contribution in [1.29, 1.82) is 0 Å². The van der Waals surface area contributed by atoms with Crippen LogP contribution in [0.3, 0.4) is 0 Å². The van der Waals surface area contributed by atoms with Crippen LogP contribution >= 0.6 is 0 Å². The molecular weight excluding hydrogens is 369 g/mol. The Labute approximate surface area is 160 Å². The number of nitrogens with one attached hydrogen (secondary N) is 1. The van der Waals surface area contributed by atoms with Crippen molar-refractivity contribution >= 4 is 11.7 Å². The topological polar surface area (TPSA) is 105 Å². The van der Waals surface area contributed by atoms with E-state index in [2.05, 4.69) is 5.32 Å². The van der Waals surface area contributed by atoms with Crippen molar-refractivity contribution in [3.05, 3.63) is 54.1 Å². The summed E-state index contributed by atoms with van der Waals surface area (Å²) < 4.78 is 23.4. The Morgan fingerprint density at radius 3 is 2.54 bits per heavy atom. The van der Waals surface area contributed by atoms with E-state index in [1.807, 2.05) is 6.07 Å². The van der Waals surface area contributed by atoms with Crippen LogP contribution in [0.1, 0.15) is 10.4 Å². The van der Waals surface area contributed by atoms with Crippen LogP contribution in [0.4, 0.5) is 4.39 Å². The predicted octanol–water partition coefficient (Wildman–Crippen LogP) is 1.08. The maximum atomic E-state index is 12.9. The first-order valence-electron chi connectivity index (χ1n) is 8.65. The number of amides is 1. The van der Waals surface area contributed by atoms with Gasteiger partial charge in [0.25, 0.3) is 12.2 Å². The Morgan fingerprint density at radius 2 is 1.89 bits per heavy atom. The van der Waals surface area contributed by atoms with Crippen LogP contribution in [-0.4, -0.2) is 60.2 Å². The Kier molecular flexibility index (Phi) is 6.03. The number of halogens is 1. The Hall–Kier alpha value is -2.81. The highest BCUT2D eigenvalue weighted by molar-refractivity contribution is 5.95. The lowest BCUT2D eigenvalue weighted by Crippen LogP contribution is -2.57. The molecule has 4 unspecified atom stereocenters. The molecule has 3 N–H and O–H groups in total. The van der Waals surface area contributed by atoms with Crippen molar-refractivity contribution < 1.29 is 33.7 Å². The van der Waals surface area contributed by atoms with Gasteiger partial charge in [-0.05, 0) is 35.4 Å². The summed E-state index contributed by atoms with van der Waals surface area (Å²) in [7, 11) is 1.55. The molecule has 148 valence electrons. The van der Waals surface area contributed by atoms with Gasteiger partial charge in [0.2, 0.25) is 5.78 Å². The summed E-state index contributed by atoms with van der Waals surface area (Å²) in [4.78, 5) is 23.8. The van der Waals surface area contributed by atoms with Gasteiger partial charge in [-0.25, -0.2) is 4.39 Å². The quantitative estimate of drug-likeness (QED) is 0.707. The second-order valence-electron chi connectivity index (χ2n) is 6.30. The van der Waals surface area contributed by atoms with Gasteiger partial charge >= 0.3 is 0 Å². The third-order valence-corrected chi connectivity index (χ3v) is 4.46. The van der Waals surface area contributed by atoms with E-state index in [-0.39, 0.29) is 11.7 Å². The average molecular weight is 389 g/mol. The van der Waals surface area contributed by atoms with Crippen LogP contribution in [0.25, 0.3) is 11.1 Å². The van der Waals surface area contributed by atoms with Gasteiger partial charge in [0.1, 0.15) is 30.7 Å². The molecule has 7 nitrogen and oxygen atoms in total. The van der Waals surface area contributed by atoms with Crippen molar-refractivity contribution in [2.24, 2.45) is 0 Å². The Morgan fingerprint density at radius 1 is 1.18 bits per heavy atom. The maximum Gasteiger partial charge on any atom is 0.263 e. The number of carbonyl (C=O) groups is 2. The van der Waals surface area contributed by atoms with E-state index in [0.717, 1.165) is 11.1 Å². The molecule has 2 aromatic rings. The van der Waals surface area contributed by atoms with Gasteiger partial charge in [-0.15, -0.1) is 0 Å². The molecule has 0 spiro atoms. The smallest absolute Gasteiger partial charge is 0.263 e. The largest absolute Gasteiger partial charge is 0.457 e. The third-order valence-electron chi connectivity index (χ3n) is 4.46. The number of hydrogen-bond donors (Lipinski definition) is 3. The summed E-state index contributed by atoms with van der Waals surface area (Å²) in [5.41, 5.74) is 2.14. The van der Waals surface area contributed by atoms with Gasteiger partial charge in [0, 0.05) is 12.6 Å². The van der Waals surface area contributed by atoms with Gasteiger partial charge in [-0.1, -0.05) is 24.3 Å². The van der Waals surface area contributed by atoms with Crippen molar-refractivity contribution in [2.45, 2.75) is 24.6 Å². The number of ether oxygens (including phenoxy) is 2. The van der Waals surface area contributed by atoms with Crippen LogP contribution in [0, 0.1) is 0 Å². The highest BCUT2D eigenvalue weighted by Gasteiger charge is 2.44. The van der Waals surface area contributed by atoms with Crippen molar-refractivity contribution in [1.82, 2.24) is 5.32 Å². The first-order chi connectivity index (χ1) is 13.4. The molecule has 8 heteroatoms. The minimum Gasteiger partial charge on any atom is -0.457 e. The van der Waals surface area contributed by atoms with E-state index in [0.29, 0.717) is 5.56 Å². The van der Waals surface area contributed by atoms with Crippen LogP contribution in [0.5, 0.6) is 5.75 Å². The second kappa shape index (κ2) is 8.47. The molecule has 2 aromatic carbocycles. The minimum atomic E-state index is -1.77. The number of rotatable bonds is 5. The van der Waals surface area contributed by atoms with Crippen molar-refractivity contribution in [2.75, 3.05) is 13.7 Å². The molecule has 1 saturated heterocycles. The summed E-state index contributed by atoms with van der Waals surface area (Å²) in [6.07, 6.45) is -6.26. The molecule has 1 heterocycles. The molecule has 1 fully saturated rings. The summed E-state index contributed by atoms with van der Waals surface area (Å²) in [5.74, 6) is -0.803. The van der Waals surface area contributed by atoms with E-state index < -0.39 is 37.1 Å². The SMILES string of the molecule is CNC(=O)c1cccc(-c2ccc(OC3OC(CF)C(O)C(O)C3=O)cc2)c1. The summed E-state index contributed by atoms with van der Waals surface area (Å²) >= 11 is 0. The number of hydrogen-bond acceptors (Lipinski definition) is 6. The molecule has 1 amide bonds. The number of aliphatic hydroxyl groups excluding tert-OH is 2. The summed E-state index contributed by atoms with van der Waals surface area (Å²) in [6, 6.07) is 13.7. The molecule has 1 aliphatic rings. The summed E-state index contributed by atoms with van der Waals surface area (Å²) in [5, 5.41) is 21.9. The molecule has 0 saturated carbocycles. The van der Waals surface area contributed by atoms with Crippen LogP contribution in [0.2, 0.25) is 0 Å². The number of ketones is 1. The lowest BCUT2D eigenvalue weighted by Gasteiger charge is -2.34. The number of benzene rings is 2. The van der Waals surface area contributed by atoms with Crippen molar-refractivity contribution in [3.63, 3.8) is 0 Å². The number of Topliss-reactive ketones (excluding diaryl/α,β-unsaturated/α-hetero) is 1. The fourth-order valence-corrected chi connectivity index (χ4v) is 2.86. The standard InChI is InChI=1S/C20H20FNO6/c1-22-19(26)13-4-2-3-12(9-13)11-5-7-14(8-6-11)27-20-18(25)17(24)16(23)15(10-21)28-20/h2-9,15-17,20,23-24H,10H2,1H3,(H,22,26). The van der Waals surface area contributed by atoms with Crippen LogP contribution < -0.4 is 10.1 Å². The minimum absolute atomic E-state index is 0.196. The second-order valence-corrected chi connectivity index (χ2v) is 6.30. The first kappa shape index (κ1) is 19.9. The maximum absolute atomic E-state index is 12.9. The molecule has 0 radical (unpaired) electrons. The van der Waals surface area contributed by atoms with E-state index in [1.165, 1.54) is 0 Å². The van der Waals surface area contributed by atoms with E-state index in [1.54, 1.807) is 49.5 Å². The molecule has 0 aromatic heterocycles. The van der Waals surface area contributed by atoms with Gasteiger partial charge in [-0.3, -0.25) is 9.59 Å². The van der Waals surface area contributed by atoms with Crippen molar-refractivity contribution in [3.8, 4) is 16.9 Å². The monoisotopic (exact) mass is 389 g/mol.